The van der Waals surface area contributed by atoms with Gasteiger partial charge < -0.3 is 19.0 Å². The molecule has 4 aliphatic heterocycles. The Hall–Kier alpha value is -4.57. The molecule has 10 nitrogen and oxygen atoms in total. The first-order valence-corrected chi connectivity index (χ1v) is 12.1. The molecule has 2 aromatic heterocycles. The number of carbonyl (C=O) groups excluding carboxylic acids is 3. The Bertz CT molecular complexity index is 1590. The highest BCUT2D eigenvalue weighted by molar-refractivity contribution is 6.48. The predicted octanol–water partition coefficient (Wildman–Crippen LogP) is 1.80. The van der Waals surface area contributed by atoms with Gasteiger partial charge in [0.05, 0.1) is 42.0 Å². The van der Waals surface area contributed by atoms with Crippen LogP contribution < -0.4 is 10.2 Å². The second-order valence-corrected chi connectivity index (χ2v) is 9.21. The maximum Gasteiger partial charge on any atom is 0.261 e. The zero-order valence-electron chi connectivity index (χ0n) is 19.6. The third-order valence-electron chi connectivity index (χ3n) is 7.22. The van der Waals surface area contributed by atoms with E-state index in [2.05, 4.69) is 15.3 Å². The van der Waals surface area contributed by atoms with Gasteiger partial charge in [-0.15, -0.1) is 0 Å². The molecule has 3 aromatic rings. The van der Waals surface area contributed by atoms with E-state index >= 15 is 0 Å². The van der Waals surface area contributed by atoms with E-state index in [1.54, 1.807) is 24.7 Å². The molecular weight excluding hydrogens is 474 g/mol. The molecule has 6 heterocycles. The second kappa shape index (κ2) is 8.24. The van der Waals surface area contributed by atoms with E-state index in [-0.39, 0.29) is 17.1 Å². The number of carbonyl (C=O) groups is 3. The highest BCUT2D eigenvalue weighted by atomic mass is 16.5. The molecule has 3 amide bonds. The number of imide groups is 1. The number of morpholine rings is 1. The predicted molar refractivity (Wildman–Crippen MR) is 134 cm³/mol. The Labute approximate surface area is 210 Å². The van der Waals surface area contributed by atoms with Crippen LogP contribution in [0.15, 0.2) is 70.3 Å². The van der Waals surface area contributed by atoms with Crippen LogP contribution in [0.2, 0.25) is 0 Å². The third kappa shape index (κ3) is 3.26. The molecule has 0 aliphatic carbocycles. The fourth-order valence-electron chi connectivity index (χ4n) is 5.55. The first-order valence-electron chi connectivity index (χ1n) is 12.1. The van der Waals surface area contributed by atoms with E-state index in [0.29, 0.717) is 55.1 Å². The lowest BCUT2D eigenvalue weighted by molar-refractivity contribution is -0.136. The van der Waals surface area contributed by atoms with E-state index in [4.69, 9.17) is 9.15 Å². The van der Waals surface area contributed by atoms with Crippen LogP contribution in [-0.4, -0.2) is 65.7 Å². The molecular formula is C27H21N5O5. The topological polar surface area (TPSA) is 117 Å². The maximum absolute atomic E-state index is 13.5. The number of rotatable bonds is 3. The molecule has 7 rings (SSSR count). The number of nitrogens with zero attached hydrogens (tertiary/aromatic N) is 4. The zero-order chi connectivity index (χ0) is 25.1. The summed E-state index contributed by atoms with van der Waals surface area (Å²) >= 11 is 0. The molecule has 1 unspecified atom stereocenters. The number of para-hydroxylation sites is 1. The molecule has 1 aromatic carbocycles. The number of anilines is 1. The third-order valence-corrected chi connectivity index (χ3v) is 7.22. The Balaban J connectivity index is 1.36. The first-order chi connectivity index (χ1) is 18.1. The highest BCUT2D eigenvalue weighted by Gasteiger charge is 2.42. The van der Waals surface area contributed by atoms with Gasteiger partial charge in [-0.2, -0.15) is 0 Å². The summed E-state index contributed by atoms with van der Waals surface area (Å²) in [7, 11) is 0. The summed E-state index contributed by atoms with van der Waals surface area (Å²) in [6.45, 7) is 2.17. The van der Waals surface area contributed by atoms with Crippen molar-refractivity contribution < 1.29 is 23.5 Å². The van der Waals surface area contributed by atoms with Crippen LogP contribution in [0.25, 0.3) is 16.5 Å². The fraction of sp³-hybridized carbons (Fsp3) is 0.222. The molecule has 184 valence electrons. The van der Waals surface area contributed by atoms with Gasteiger partial charge in [0.1, 0.15) is 11.6 Å². The van der Waals surface area contributed by atoms with E-state index in [1.165, 1.54) is 12.5 Å². The Morgan fingerprint density at radius 1 is 1.03 bits per heavy atom. The molecule has 0 bridgehead atoms. The van der Waals surface area contributed by atoms with E-state index in [9.17, 15) is 14.4 Å². The number of hydrogen-bond donors (Lipinski definition) is 1. The number of furan rings is 1. The Kier molecular flexibility index (Phi) is 4.83. The van der Waals surface area contributed by atoms with E-state index in [1.807, 2.05) is 28.0 Å². The average Bonchev–Trinajstić information content (AvgIpc) is 3.58. The second-order valence-electron chi connectivity index (χ2n) is 9.21. The number of benzene rings is 1. The van der Waals surface area contributed by atoms with Crippen LogP contribution in [0, 0.1) is 0 Å². The van der Waals surface area contributed by atoms with Crippen molar-refractivity contribution in [2.75, 3.05) is 31.2 Å². The number of ether oxygens (including phenoxy) is 1. The lowest BCUT2D eigenvalue weighted by Gasteiger charge is -2.32. The molecule has 0 spiro atoms. The van der Waals surface area contributed by atoms with Crippen LogP contribution in [0.3, 0.4) is 0 Å². The normalized spacial score (nSPS) is 20.9. The lowest BCUT2D eigenvalue weighted by Crippen LogP contribution is -2.49. The van der Waals surface area contributed by atoms with Crippen LogP contribution in [0.5, 0.6) is 0 Å². The van der Waals surface area contributed by atoms with Crippen molar-refractivity contribution in [2.45, 2.75) is 12.5 Å². The zero-order valence-corrected chi connectivity index (χ0v) is 19.6. The van der Waals surface area contributed by atoms with Gasteiger partial charge in [0.25, 0.3) is 11.8 Å². The molecule has 1 N–H and O–H groups in total. The van der Waals surface area contributed by atoms with Crippen molar-refractivity contribution in [2.24, 2.45) is 4.99 Å². The number of fused-ring (bicyclic) bond motifs is 1. The van der Waals surface area contributed by atoms with Crippen molar-refractivity contribution in [1.29, 1.82) is 0 Å². The van der Waals surface area contributed by atoms with Crippen molar-refractivity contribution in [3.05, 3.63) is 77.6 Å². The molecule has 1 fully saturated rings. The first kappa shape index (κ1) is 21.7. The number of pyridine rings is 1. The quantitative estimate of drug-likeness (QED) is 0.551. The molecule has 10 heteroatoms. The van der Waals surface area contributed by atoms with E-state index < -0.39 is 17.9 Å². The van der Waals surface area contributed by atoms with Crippen LogP contribution in [0.1, 0.15) is 16.7 Å². The SMILES string of the molecule is O=C1NC(=O)C(c2cncc3ccoc23)=C1C1=NC=CN2c3c(cccc31)CC2C(=O)N1CCOCC1. The van der Waals surface area contributed by atoms with Gasteiger partial charge in [-0.05, 0) is 11.6 Å². The minimum Gasteiger partial charge on any atom is -0.464 e. The van der Waals surface area contributed by atoms with Crippen molar-refractivity contribution in [1.82, 2.24) is 15.2 Å². The standard InChI is InChI=1S/C27H21N5O5/c33-25-20(18-14-28-13-16-4-9-37-24(16)18)21(26(34)30-25)22-17-3-1-2-15-12-19(32(23(15)17)6-5-29-22)27(35)31-7-10-36-11-8-31/h1-6,9,13-14,19H,7-8,10-12H2,(H,30,33,34). The van der Waals surface area contributed by atoms with Gasteiger partial charge in [0, 0.05) is 60.8 Å². The number of aromatic nitrogens is 1. The van der Waals surface area contributed by atoms with Crippen LogP contribution in [0.4, 0.5) is 5.69 Å². The average molecular weight is 495 g/mol. The summed E-state index contributed by atoms with van der Waals surface area (Å²) in [5.74, 6) is -1.05. The van der Waals surface area contributed by atoms with Crippen LogP contribution >= 0.6 is 0 Å². The van der Waals surface area contributed by atoms with Gasteiger partial charge in [0.15, 0.2) is 0 Å². The van der Waals surface area contributed by atoms with Crippen molar-refractivity contribution >= 4 is 45.7 Å². The molecule has 1 saturated heterocycles. The number of amides is 3. The molecule has 4 aliphatic rings. The Morgan fingerprint density at radius 3 is 2.73 bits per heavy atom. The lowest BCUT2D eigenvalue weighted by atomic mass is 9.93. The maximum atomic E-state index is 13.5. The van der Waals surface area contributed by atoms with Crippen LogP contribution in [-0.2, 0) is 25.5 Å². The number of hydrogen-bond acceptors (Lipinski definition) is 8. The fourth-order valence-corrected chi connectivity index (χ4v) is 5.55. The minimum atomic E-state index is -0.541. The molecule has 37 heavy (non-hydrogen) atoms. The molecule has 0 saturated carbocycles. The van der Waals surface area contributed by atoms with Crippen molar-refractivity contribution in [3.63, 3.8) is 0 Å². The summed E-state index contributed by atoms with van der Waals surface area (Å²) in [4.78, 5) is 52.4. The van der Waals surface area contributed by atoms with Gasteiger partial charge in [-0.1, -0.05) is 18.2 Å². The summed E-state index contributed by atoms with van der Waals surface area (Å²) in [6.07, 6.45) is 8.56. The summed E-state index contributed by atoms with van der Waals surface area (Å²) in [6, 6.07) is 7.07. The molecule has 0 radical (unpaired) electrons. The van der Waals surface area contributed by atoms with E-state index in [0.717, 1.165) is 16.6 Å². The van der Waals surface area contributed by atoms with Crippen molar-refractivity contribution in [3.8, 4) is 0 Å². The summed E-state index contributed by atoms with van der Waals surface area (Å²) in [5, 5.41) is 3.14. The summed E-state index contributed by atoms with van der Waals surface area (Å²) in [5.41, 5.74) is 4.03. The highest BCUT2D eigenvalue weighted by Crippen LogP contribution is 2.41. The molecule has 1 atom stereocenters. The minimum absolute atomic E-state index is 0.0304. The number of aliphatic imine (C=N–C) groups is 1. The van der Waals surface area contributed by atoms with Gasteiger partial charge in [-0.25, -0.2) is 0 Å². The van der Waals surface area contributed by atoms with Gasteiger partial charge >= 0.3 is 0 Å². The smallest absolute Gasteiger partial charge is 0.261 e. The monoisotopic (exact) mass is 495 g/mol. The summed E-state index contributed by atoms with van der Waals surface area (Å²) < 4.78 is 11.1. The number of nitrogens with one attached hydrogen (secondary N) is 1. The van der Waals surface area contributed by atoms with Gasteiger partial charge in [-0.3, -0.25) is 29.7 Å². The van der Waals surface area contributed by atoms with Gasteiger partial charge in [0.2, 0.25) is 5.91 Å². The Morgan fingerprint density at radius 2 is 1.86 bits per heavy atom. The largest absolute Gasteiger partial charge is 0.464 e.